The molecular formula is C13H17N5S. The van der Waals surface area contributed by atoms with Gasteiger partial charge >= 0.3 is 0 Å². The summed E-state index contributed by atoms with van der Waals surface area (Å²) in [6.45, 7) is 2.29. The van der Waals surface area contributed by atoms with Gasteiger partial charge < -0.3 is 10.6 Å². The number of aromatic nitrogens is 3. The summed E-state index contributed by atoms with van der Waals surface area (Å²) in [5, 5.41) is 6.61. The normalized spacial score (nSPS) is 15.7. The minimum Gasteiger partial charge on any atom is -0.372 e. The van der Waals surface area contributed by atoms with Crippen LogP contribution in [0.1, 0.15) is 19.3 Å². The van der Waals surface area contributed by atoms with Crippen LogP contribution in [0.5, 0.6) is 0 Å². The Labute approximate surface area is 117 Å². The minimum absolute atomic E-state index is 0.385. The molecule has 1 fully saturated rings. The smallest absolute Gasteiger partial charge is 0.225 e. The van der Waals surface area contributed by atoms with Gasteiger partial charge in [-0.15, -0.1) is 5.10 Å². The van der Waals surface area contributed by atoms with E-state index in [-0.39, 0.29) is 0 Å². The third kappa shape index (κ3) is 2.35. The van der Waals surface area contributed by atoms with Crippen LogP contribution in [0.4, 0.5) is 11.6 Å². The molecule has 19 heavy (non-hydrogen) atoms. The monoisotopic (exact) mass is 275 g/mol. The molecule has 0 bridgehead atoms. The van der Waals surface area contributed by atoms with Crippen LogP contribution >= 0.6 is 12.2 Å². The summed E-state index contributed by atoms with van der Waals surface area (Å²) in [7, 11) is 0. The van der Waals surface area contributed by atoms with Gasteiger partial charge in [-0.2, -0.15) is 0 Å². The van der Waals surface area contributed by atoms with Crippen molar-refractivity contribution in [2.75, 3.05) is 23.7 Å². The van der Waals surface area contributed by atoms with Gasteiger partial charge in [-0.25, -0.2) is 5.10 Å². The number of anilines is 2. The first-order valence-corrected chi connectivity index (χ1v) is 6.95. The highest BCUT2D eigenvalue weighted by Crippen LogP contribution is 2.22. The number of hydrogen-bond acceptors (Lipinski definition) is 4. The Kier molecular flexibility index (Phi) is 3.25. The van der Waals surface area contributed by atoms with Crippen molar-refractivity contribution in [1.82, 2.24) is 14.8 Å². The van der Waals surface area contributed by atoms with Gasteiger partial charge in [0.25, 0.3) is 0 Å². The lowest BCUT2D eigenvalue weighted by Gasteiger charge is -2.28. The molecule has 1 aromatic heterocycles. The predicted molar refractivity (Wildman–Crippen MR) is 79.2 cm³/mol. The molecule has 100 valence electrons. The Hall–Kier alpha value is -1.82. The summed E-state index contributed by atoms with van der Waals surface area (Å²) in [6.07, 6.45) is 3.90. The lowest BCUT2D eigenvalue weighted by atomic mass is 10.1. The number of aromatic amines is 1. The van der Waals surface area contributed by atoms with E-state index in [0.29, 0.717) is 10.7 Å². The molecule has 0 spiro atoms. The van der Waals surface area contributed by atoms with E-state index in [0.717, 1.165) is 18.8 Å². The van der Waals surface area contributed by atoms with E-state index in [4.69, 9.17) is 18.0 Å². The van der Waals surface area contributed by atoms with Crippen molar-refractivity contribution < 1.29 is 0 Å². The van der Waals surface area contributed by atoms with Crippen LogP contribution in [-0.4, -0.2) is 27.9 Å². The van der Waals surface area contributed by atoms with Gasteiger partial charge in [0.1, 0.15) is 0 Å². The Morgan fingerprint density at radius 3 is 2.26 bits per heavy atom. The Morgan fingerprint density at radius 1 is 1.05 bits per heavy atom. The summed E-state index contributed by atoms with van der Waals surface area (Å²) >= 11 is 5.17. The second kappa shape index (κ2) is 5.05. The number of nitrogen functional groups attached to an aromatic ring is 1. The van der Waals surface area contributed by atoms with E-state index in [2.05, 4.69) is 27.2 Å². The first-order valence-electron chi connectivity index (χ1n) is 6.54. The van der Waals surface area contributed by atoms with Crippen molar-refractivity contribution in [2.24, 2.45) is 0 Å². The molecule has 5 nitrogen and oxygen atoms in total. The van der Waals surface area contributed by atoms with E-state index < -0.39 is 0 Å². The van der Waals surface area contributed by atoms with Crippen molar-refractivity contribution in [3.05, 3.63) is 29.0 Å². The molecule has 3 N–H and O–H groups in total. The van der Waals surface area contributed by atoms with Gasteiger partial charge in [0.2, 0.25) is 10.7 Å². The quantitative estimate of drug-likeness (QED) is 0.827. The molecule has 2 aromatic rings. The van der Waals surface area contributed by atoms with Gasteiger partial charge in [-0.1, -0.05) is 0 Å². The van der Waals surface area contributed by atoms with Gasteiger partial charge in [0.05, 0.1) is 5.69 Å². The maximum absolute atomic E-state index is 5.80. The zero-order chi connectivity index (χ0) is 13.2. The first-order chi connectivity index (χ1) is 9.25. The third-order valence-corrected chi connectivity index (χ3v) is 3.80. The van der Waals surface area contributed by atoms with Crippen molar-refractivity contribution in [3.8, 4) is 5.69 Å². The topological polar surface area (TPSA) is 62.9 Å². The molecular weight excluding hydrogens is 258 g/mol. The standard InChI is InChI=1S/C13H17N5S/c14-12-15-16-13(19)18(12)11-6-4-10(5-7-11)17-8-2-1-3-9-17/h4-7H,1-3,8-9H2,(H2,14,15)(H,16,19). The summed E-state index contributed by atoms with van der Waals surface area (Å²) in [5.41, 5.74) is 8.00. The zero-order valence-corrected chi connectivity index (χ0v) is 11.5. The Balaban J connectivity index is 1.88. The van der Waals surface area contributed by atoms with Crippen molar-refractivity contribution in [2.45, 2.75) is 19.3 Å². The number of nitrogens with one attached hydrogen (secondary N) is 1. The number of benzene rings is 1. The lowest BCUT2D eigenvalue weighted by Crippen LogP contribution is -2.29. The number of hydrogen-bond donors (Lipinski definition) is 2. The number of nitrogens with zero attached hydrogens (tertiary/aromatic N) is 3. The average Bonchev–Trinajstić information content (AvgIpc) is 2.79. The molecule has 1 saturated heterocycles. The highest BCUT2D eigenvalue weighted by Gasteiger charge is 2.11. The maximum Gasteiger partial charge on any atom is 0.225 e. The molecule has 0 amide bonds. The van der Waals surface area contributed by atoms with Crippen LogP contribution in [0.25, 0.3) is 5.69 Å². The maximum atomic E-state index is 5.80. The molecule has 1 aliphatic rings. The molecule has 0 aliphatic carbocycles. The van der Waals surface area contributed by atoms with Gasteiger partial charge in [-0.05, 0) is 55.7 Å². The lowest BCUT2D eigenvalue weighted by molar-refractivity contribution is 0.578. The first kappa shape index (κ1) is 12.2. The van der Waals surface area contributed by atoms with E-state index in [9.17, 15) is 0 Å². The molecule has 2 heterocycles. The Morgan fingerprint density at radius 2 is 1.68 bits per heavy atom. The Bertz CT molecular complexity index is 607. The van der Waals surface area contributed by atoms with Crippen LogP contribution in [0, 0.1) is 4.77 Å². The highest BCUT2D eigenvalue weighted by molar-refractivity contribution is 7.71. The van der Waals surface area contributed by atoms with E-state index >= 15 is 0 Å². The molecule has 0 unspecified atom stereocenters. The molecule has 0 atom stereocenters. The summed E-state index contributed by atoms with van der Waals surface area (Å²) in [5.74, 6) is 0.385. The van der Waals surface area contributed by atoms with Crippen molar-refractivity contribution in [3.63, 3.8) is 0 Å². The third-order valence-electron chi connectivity index (χ3n) is 3.53. The average molecular weight is 275 g/mol. The van der Waals surface area contributed by atoms with Crippen LogP contribution in [0.3, 0.4) is 0 Å². The van der Waals surface area contributed by atoms with Crippen molar-refractivity contribution >= 4 is 23.9 Å². The molecule has 0 saturated carbocycles. The molecule has 1 aliphatic heterocycles. The van der Waals surface area contributed by atoms with E-state index in [1.165, 1.54) is 24.9 Å². The van der Waals surface area contributed by atoms with Crippen LogP contribution in [0.15, 0.2) is 24.3 Å². The SMILES string of the molecule is Nc1n[nH]c(=S)n1-c1ccc(N2CCCCC2)cc1. The second-order valence-corrected chi connectivity index (χ2v) is 5.17. The summed E-state index contributed by atoms with van der Waals surface area (Å²) < 4.78 is 2.25. The predicted octanol–water partition coefficient (Wildman–Crippen LogP) is 2.50. The minimum atomic E-state index is 0.385. The number of H-pyrrole nitrogens is 1. The van der Waals surface area contributed by atoms with Crippen LogP contribution in [-0.2, 0) is 0 Å². The molecule has 1 aromatic carbocycles. The second-order valence-electron chi connectivity index (χ2n) is 4.79. The molecule has 0 radical (unpaired) electrons. The number of rotatable bonds is 2. The fraction of sp³-hybridized carbons (Fsp3) is 0.385. The summed E-state index contributed by atoms with van der Waals surface area (Å²) in [6, 6.07) is 8.31. The van der Waals surface area contributed by atoms with Crippen molar-refractivity contribution in [1.29, 1.82) is 0 Å². The number of nitrogens with two attached hydrogens (primary N) is 1. The van der Waals surface area contributed by atoms with Gasteiger partial charge in [0.15, 0.2) is 0 Å². The van der Waals surface area contributed by atoms with Crippen LogP contribution in [0.2, 0.25) is 0 Å². The van der Waals surface area contributed by atoms with E-state index in [1.54, 1.807) is 4.57 Å². The molecule has 3 rings (SSSR count). The van der Waals surface area contributed by atoms with E-state index in [1.807, 2.05) is 12.1 Å². The largest absolute Gasteiger partial charge is 0.372 e. The van der Waals surface area contributed by atoms with Gasteiger partial charge in [0, 0.05) is 18.8 Å². The highest BCUT2D eigenvalue weighted by atomic mass is 32.1. The fourth-order valence-corrected chi connectivity index (χ4v) is 2.77. The van der Waals surface area contributed by atoms with Gasteiger partial charge in [-0.3, -0.25) is 4.57 Å². The zero-order valence-electron chi connectivity index (χ0n) is 10.7. The van der Waals surface area contributed by atoms with Crippen LogP contribution < -0.4 is 10.6 Å². The summed E-state index contributed by atoms with van der Waals surface area (Å²) in [4.78, 5) is 2.42. The molecule has 6 heteroatoms. The fourth-order valence-electron chi connectivity index (χ4n) is 2.52. The number of piperidine rings is 1.